The molecule has 5 rings (SSSR count). The molecule has 0 saturated carbocycles. The number of nitrogens with zero attached hydrogens (tertiary/aromatic N) is 5. The summed E-state index contributed by atoms with van der Waals surface area (Å²) in [6, 6.07) is 5.53. The smallest absolute Gasteiger partial charge is 0.246 e. The summed E-state index contributed by atoms with van der Waals surface area (Å²) in [5.74, 6) is 8.02. The Balaban J connectivity index is 1.32. The number of hydrogen-bond donors (Lipinski definition) is 2. The largest absolute Gasteiger partial charge is 0.497 e. The number of aliphatic hydroxyl groups is 1. The summed E-state index contributed by atoms with van der Waals surface area (Å²) in [6.07, 6.45) is 7.39. The first kappa shape index (κ1) is 24.6. The maximum absolute atomic E-state index is 12.6. The van der Waals surface area contributed by atoms with Crippen LogP contribution in [0.4, 0.5) is 5.82 Å². The second-order valence-corrected chi connectivity index (χ2v) is 9.26. The summed E-state index contributed by atoms with van der Waals surface area (Å²) in [5, 5.41) is 10.3. The van der Waals surface area contributed by atoms with Gasteiger partial charge < -0.3 is 29.8 Å². The predicted molar refractivity (Wildman–Crippen MR) is 139 cm³/mol. The van der Waals surface area contributed by atoms with E-state index in [-0.39, 0.29) is 18.1 Å². The van der Waals surface area contributed by atoms with E-state index in [0.717, 1.165) is 18.5 Å². The van der Waals surface area contributed by atoms with E-state index < -0.39 is 0 Å². The van der Waals surface area contributed by atoms with E-state index in [1.807, 2.05) is 29.0 Å². The maximum Gasteiger partial charge on any atom is 0.246 e. The van der Waals surface area contributed by atoms with Gasteiger partial charge in [0.05, 0.1) is 37.3 Å². The average Bonchev–Trinajstić information content (AvgIpc) is 3.45. The molecule has 2 aliphatic rings. The van der Waals surface area contributed by atoms with Crippen LogP contribution in [0.3, 0.4) is 0 Å². The molecule has 2 fully saturated rings. The van der Waals surface area contributed by atoms with Crippen LogP contribution in [-0.2, 0) is 4.79 Å². The highest BCUT2D eigenvalue weighted by Gasteiger charge is 2.32. The Hall–Kier alpha value is -4.07. The van der Waals surface area contributed by atoms with E-state index in [1.165, 1.54) is 6.33 Å². The van der Waals surface area contributed by atoms with Gasteiger partial charge in [0.15, 0.2) is 0 Å². The van der Waals surface area contributed by atoms with Crippen LogP contribution in [0, 0.1) is 11.8 Å². The minimum absolute atomic E-state index is 0.0198. The van der Waals surface area contributed by atoms with Crippen LogP contribution >= 0.6 is 0 Å². The number of β-amino-alcohol motifs (C(OH)–C–C–N with tert-alkyl or cyclic N) is 1. The van der Waals surface area contributed by atoms with E-state index in [9.17, 15) is 9.90 Å². The number of methoxy groups -OCH3 is 2. The Morgan fingerprint density at radius 3 is 2.59 bits per heavy atom. The zero-order valence-corrected chi connectivity index (χ0v) is 20.9. The molecule has 2 aromatic heterocycles. The molecule has 37 heavy (non-hydrogen) atoms. The Kier molecular flexibility index (Phi) is 6.99. The average molecular weight is 503 g/mol. The van der Waals surface area contributed by atoms with Crippen LogP contribution in [-0.4, -0.2) is 88.4 Å². The lowest BCUT2D eigenvalue weighted by molar-refractivity contribution is -0.131. The van der Waals surface area contributed by atoms with Crippen molar-refractivity contribution in [2.24, 2.45) is 0 Å². The van der Waals surface area contributed by atoms with Crippen LogP contribution in [0.5, 0.6) is 11.5 Å². The second-order valence-electron chi connectivity index (χ2n) is 9.26. The summed E-state index contributed by atoms with van der Waals surface area (Å²) >= 11 is 0. The molecule has 1 unspecified atom stereocenters. The molecule has 0 spiro atoms. The van der Waals surface area contributed by atoms with Crippen molar-refractivity contribution in [2.75, 3.05) is 52.7 Å². The third-order valence-electron chi connectivity index (χ3n) is 6.77. The van der Waals surface area contributed by atoms with Gasteiger partial charge in [0, 0.05) is 56.6 Å². The van der Waals surface area contributed by atoms with Gasteiger partial charge in [-0.15, -0.1) is 0 Å². The lowest BCUT2D eigenvalue weighted by Gasteiger charge is -2.39. The number of fused-ring (bicyclic) bond motifs is 1. The van der Waals surface area contributed by atoms with Crippen molar-refractivity contribution in [3.8, 4) is 23.3 Å². The molecule has 192 valence electrons. The number of likely N-dealkylation sites (tertiary alicyclic amines) is 2. The van der Waals surface area contributed by atoms with Crippen molar-refractivity contribution in [1.82, 2.24) is 24.3 Å². The van der Waals surface area contributed by atoms with Gasteiger partial charge in [-0.1, -0.05) is 17.9 Å². The monoisotopic (exact) mass is 502 g/mol. The van der Waals surface area contributed by atoms with Crippen LogP contribution in [0.15, 0.2) is 42.9 Å². The van der Waals surface area contributed by atoms with Crippen LogP contribution in [0.25, 0.3) is 11.0 Å². The van der Waals surface area contributed by atoms with E-state index in [4.69, 9.17) is 15.2 Å². The van der Waals surface area contributed by atoms with Crippen molar-refractivity contribution in [3.63, 3.8) is 0 Å². The van der Waals surface area contributed by atoms with Gasteiger partial charge >= 0.3 is 0 Å². The number of aliphatic hydroxyl groups excluding tert-OH is 1. The fourth-order valence-corrected chi connectivity index (χ4v) is 4.70. The molecular formula is C27H30N6O4. The zero-order chi connectivity index (χ0) is 25.9. The SMILES string of the molecule is COc1cc(C#Cc2cn(C3CN(C(=O)/C=C/CN4CCC(O)C4)C3)c3ncnc(N)c23)cc(OC)c1. The summed E-state index contributed by atoms with van der Waals surface area (Å²) in [6.45, 7) is 3.32. The first-order valence-electron chi connectivity index (χ1n) is 12.2. The predicted octanol–water partition coefficient (Wildman–Crippen LogP) is 1.44. The lowest BCUT2D eigenvalue weighted by atomic mass is 10.1. The summed E-state index contributed by atoms with van der Waals surface area (Å²) in [7, 11) is 3.19. The second kappa shape index (κ2) is 10.5. The summed E-state index contributed by atoms with van der Waals surface area (Å²) in [5.41, 5.74) is 8.36. The number of carbonyl (C=O) groups excluding carboxylic acids is 1. The first-order valence-corrected chi connectivity index (χ1v) is 12.2. The maximum atomic E-state index is 12.6. The number of benzene rings is 1. The molecule has 1 aromatic carbocycles. The first-order chi connectivity index (χ1) is 17.9. The standard InChI is InChI=1S/C27H30N6O4/c1-36-22-10-18(11-23(12-22)37-2)5-6-19-13-33(27-25(19)26(28)29-17-30-27)20-14-32(15-20)24(35)4-3-8-31-9-7-21(34)16-31/h3-4,10-13,17,20-21,34H,7-9,14-16H2,1-2H3,(H2,28,29,30)/b4-3+. The number of nitrogens with two attached hydrogens (primary N) is 1. The Morgan fingerprint density at radius 1 is 1.16 bits per heavy atom. The fraction of sp³-hybridized carbons (Fsp3) is 0.370. The molecule has 2 saturated heterocycles. The van der Waals surface area contributed by atoms with E-state index in [2.05, 4.69) is 26.7 Å². The number of carbonyl (C=O) groups is 1. The number of rotatable bonds is 6. The van der Waals surface area contributed by atoms with Crippen molar-refractivity contribution < 1.29 is 19.4 Å². The number of hydrogen-bond acceptors (Lipinski definition) is 8. The number of aromatic nitrogens is 3. The normalized spacial score (nSPS) is 18.1. The van der Waals surface area contributed by atoms with Crippen molar-refractivity contribution >= 4 is 22.8 Å². The topological polar surface area (TPSA) is 119 Å². The highest BCUT2D eigenvalue weighted by molar-refractivity contribution is 5.93. The Bertz CT molecular complexity index is 1380. The number of anilines is 1. The quantitative estimate of drug-likeness (QED) is 0.384. The van der Waals surface area contributed by atoms with Gasteiger partial charge in [-0.2, -0.15) is 0 Å². The minimum Gasteiger partial charge on any atom is -0.497 e. The molecule has 3 aromatic rings. The van der Waals surface area contributed by atoms with E-state index >= 15 is 0 Å². The summed E-state index contributed by atoms with van der Waals surface area (Å²) < 4.78 is 12.7. The van der Waals surface area contributed by atoms with Gasteiger partial charge in [-0.25, -0.2) is 9.97 Å². The summed E-state index contributed by atoms with van der Waals surface area (Å²) in [4.78, 5) is 25.2. The molecule has 3 N–H and O–H groups in total. The molecule has 4 heterocycles. The van der Waals surface area contributed by atoms with Crippen molar-refractivity contribution in [2.45, 2.75) is 18.6 Å². The van der Waals surface area contributed by atoms with Crippen molar-refractivity contribution in [3.05, 3.63) is 54.0 Å². The highest BCUT2D eigenvalue weighted by Crippen LogP contribution is 2.31. The molecule has 1 atom stereocenters. The molecule has 10 heteroatoms. The van der Waals surface area contributed by atoms with Crippen molar-refractivity contribution in [1.29, 1.82) is 0 Å². The molecule has 0 aliphatic carbocycles. The molecule has 0 bridgehead atoms. The highest BCUT2D eigenvalue weighted by atomic mass is 16.5. The fourth-order valence-electron chi connectivity index (χ4n) is 4.70. The van der Waals surface area contributed by atoms with Gasteiger partial charge in [0.25, 0.3) is 0 Å². The zero-order valence-electron chi connectivity index (χ0n) is 20.9. The van der Waals surface area contributed by atoms with Crippen LogP contribution < -0.4 is 15.2 Å². The molecule has 10 nitrogen and oxygen atoms in total. The molecular weight excluding hydrogens is 472 g/mol. The van der Waals surface area contributed by atoms with Gasteiger partial charge in [0.2, 0.25) is 5.91 Å². The molecule has 0 radical (unpaired) electrons. The Labute approximate surface area is 215 Å². The van der Waals surface area contributed by atoms with E-state index in [0.29, 0.717) is 60.1 Å². The van der Waals surface area contributed by atoms with Crippen LogP contribution in [0.2, 0.25) is 0 Å². The van der Waals surface area contributed by atoms with E-state index in [1.54, 1.807) is 31.3 Å². The van der Waals surface area contributed by atoms with Crippen LogP contribution in [0.1, 0.15) is 23.6 Å². The third-order valence-corrected chi connectivity index (χ3v) is 6.77. The number of nitrogen functional groups attached to an aromatic ring is 1. The van der Waals surface area contributed by atoms with Gasteiger partial charge in [0.1, 0.15) is 29.3 Å². The number of amides is 1. The minimum atomic E-state index is -0.262. The Morgan fingerprint density at radius 2 is 1.92 bits per heavy atom. The third kappa shape index (κ3) is 5.23. The molecule has 1 amide bonds. The van der Waals surface area contributed by atoms with Gasteiger partial charge in [-0.3, -0.25) is 9.69 Å². The molecule has 2 aliphatic heterocycles. The lowest BCUT2D eigenvalue weighted by Crippen LogP contribution is -2.50. The van der Waals surface area contributed by atoms with Gasteiger partial charge in [-0.05, 0) is 18.6 Å². The number of ether oxygens (including phenoxy) is 2.